The molecule has 1 aromatic heterocycles. The molecule has 0 unspecified atom stereocenters. The van der Waals surface area contributed by atoms with Crippen LogP contribution in [0.5, 0.6) is 5.75 Å². The largest absolute Gasteiger partial charge is 0.485 e. The third-order valence-electron chi connectivity index (χ3n) is 1.96. The van der Waals surface area contributed by atoms with Crippen LogP contribution in [0, 0.1) is 10.1 Å². The van der Waals surface area contributed by atoms with Gasteiger partial charge in [0.25, 0.3) is 5.69 Å². The molecule has 1 aromatic carbocycles. The van der Waals surface area contributed by atoms with Crippen LogP contribution in [0.1, 0.15) is 5.01 Å². The number of thiazole rings is 1. The van der Waals surface area contributed by atoms with Crippen molar-refractivity contribution in [1.29, 1.82) is 0 Å². The molecule has 1 heterocycles. The van der Waals surface area contributed by atoms with Gasteiger partial charge in [-0.25, -0.2) is 4.98 Å². The predicted molar refractivity (Wildman–Crippen MR) is 64.6 cm³/mol. The monoisotopic (exact) mass is 270 g/mol. The zero-order chi connectivity index (χ0) is 12.3. The lowest BCUT2D eigenvalue weighted by Crippen LogP contribution is -1.96. The Morgan fingerprint density at radius 2 is 2.35 bits per heavy atom. The van der Waals surface area contributed by atoms with E-state index >= 15 is 0 Å². The number of aromatic nitrogens is 1. The van der Waals surface area contributed by atoms with Gasteiger partial charge in [0.1, 0.15) is 17.4 Å². The number of nitro benzene ring substituents is 1. The molecule has 0 radical (unpaired) electrons. The fourth-order valence-electron chi connectivity index (χ4n) is 1.18. The summed E-state index contributed by atoms with van der Waals surface area (Å²) >= 11 is 7.34. The Morgan fingerprint density at radius 1 is 1.53 bits per heavy atom. The van der Waals surface area contributed by atoms with E-state index in [1.807, 2.05) is 5.38 Å². The Morgan fingerprint density at radius 3 is 2.94 bits per heavy atom. The van der Waals surface area contributed by atoms with Crippen LogP contribution >= 0.6 is 22.9 Å². The summed E-state index contributed by atoms with van der Waals surface area (Å²) in [5, 5.41) is 13.4. The summed E-state index contributed by atoms with van der Waals surface area (Å²) in [6.45, 7) is 0.301. The second-order valence-electron chi connectivity index (χ2n) is 3.09. The molecule has 0 bridgehead atoms. The zero-order valence-corrected chi connectivity index (χ0v) is 10.1. The van der Waals surface area contributed by atoms with Crippen molar-refractivity contribution >= 4 is 28.6 Å². The molecular weight excluding hydrogens is 264 g/mol. The van der Waals surface area contributed by atoms with Gasteiger partial charge < -0.3 is 4.74 Å². The highest BCUT2D eigenvalue weighted by molar-refractivity contribution is 7.09. The van der Waals surface area contributed by atoms with Gasteiger partial charge in [0.2, 0.25) is 0 Å². The average Bonchev–Trinajstić information content (AvgIpc) is 2.80. The average molecular weight is 271 g/mol. The van der Waals surface area contributed by atoms with Gasteiger partial charge in [-0.15, -0.1) is 11.3 Å². The van der Waals surface area contributed by atoms with E-state index in [1.165, 1.54) is 29.5 Å². The van der Waals surface area contributed by atoms with Crippen LogP contribution in [0.4, 0.5) is 5.69 Å². The Balaban J connectivity index is 2.09. The van der Waals surface area contributed by atoms with Crippen LogP contribution in [-0.2, 0) is 6.61 Å². The van der Waals surface area contributed by atoms with E-state index in [-0.39, 0.29) is 10.7 Å². The van der Waals surface area contributed by atoms with Crippen molar-refractivity contribution in [3.63, 3.8) is 0 Å². The molecule has 0 saturated carbocycles. The third-order valence-corrected chi connectivity index (χ3v) is 3.01. The second kappa shape index (κ2) is 5.11. The first-order valence-corrected chi connectivity index (χ1v) is 5.87. The third kappa shape index (κ3) is 2.92. The van der Waals surface area contributed by atoms with E-state index in [1.54, 1.807) is 6.20 Å². The molecule has 0 fully saturated rings. The highest BCUT2D eigenvalue weighted by Crippen LogP contribution is 2.29. The highest BCUT2D eigenvalue weighted by atomic mass is 35.5. The van der Waals surface area contributed by atoms with Crippen molar-refractivity contribution < 1.29 is 9.66 Å². The number of nitrogens with zero attached hydrogens (tertiary/aromatic N) is 2. The van der Waals surface area contributed by atoms with Gasteiger partial charge in [-0.1, -0.05) is 11.6 Å². The van der Waals surface area contributed by atoms with E-state index < -0.39 is 4.92 Å². The van der Waals surface area contributed by atoms with Crippen LogP contribution in [0.2, 0.25) is 5.02 Å². The molecule has 0 aliphatic rings. The Bertz CT molecular complexity index is 530. The molecular formula is C10H7ClN2O3S. The molecule has 0 N–H and O–H groups in total. The summed E-state index contributed by atoms with van der Waals surface area (Å²) in [5.41, 5.74) is -0.0587. The predicted octanol–water partition coefficient (Wildman–Crippen LogP) is 3.28. The summed E-state index contributed by atoms with van der Waals surface area (Å²) in [4.78, 5) is 14.1. The topological polar surface area (TPSA) is 65.3 Å². The molecule has 2 aromatic rings. The molecule has 7 heteroatoms. The molecule has 0 amide bonds. The maximum absolute atomic E-state index is 10.5. The van der Waals surface area contributed by atoms with E-state index in [0.717, 1.165) is 5.01 Å². The fraction of sp³-hybridized carbons (Fsp3) is 0.100. The standard InChI is InChI=1S/C10H7ClN2O3S/c11-8-5-7(13(14)15)1-2-9(8)16-6-10-12-3-4-17-10/h1-5H,6H2. The van der Waals surface area contributed by atoms with Gasteiger partial charge in [-0.2, -0.15) is 0 Å². The number of hydrogen-bond donors (Lipinski definition) is 0. The normalized spacial score (nSPS) is 10.2. The number of benzene rings is 1. The maximum Gasteiger partial charge on any atom is 0.271 e. The molecule has 5 nitrogen and oxygen atoms in total. The van der Waals surface area contributed by atoms with Crippen molar-refractivity contribution in [1.82, 2.24) is 4.98 Å². The van der Waals surface area contributed by atoms with Gasteiger partial charge in [0.05, 0.1) is 9.95 Å². The zero-order valence-electron chi connectivity index (χ0n) is 8.50. The van der Waals surface area contributed by atoms with Crippen LogP contribution in [0.25, 0.3) is 0 Å². The fourth-order valence-corrected chi connectivity index (χ4v) is 1.94. The molecule has 0 saturated heterocycles. The minimum absolute atomic E-state index is 0.0587. The van der Waals surface area contributed by atoms with Crippen LogP contribution in [0.3, 0.4) is 0 Å². The van der Waals surface area contributed by atoms with E-state index in [9.17, 15) is 10.1 Å². The first kappa shape index (κ1) is 11.8. The Hall–Kier alpha value is -1.66. The summed E-state index contributed by atoms with van der Waals surface area (Å²) in [5.74, 6) is 0.410. The maximum atomic E-state index is 10.5. The number of hydrogen-bond acceptors (Lipinski definition) is 5. The lowest BCUT2D eigenvalue weighted by Gasteiger charge is -2.05. The smallest absolute Gasteiger partial charge is 0.271 e. The number of nitro groups is 1. The van der Waals surface area contributed by atoms with Crippen molar-refractivity contribution in [2.24, 2.45) is 0 Å². The van der Waals surface area contributed by atoms with Crippen molar-refractivity contribution in [3.8, 4) is 5.75 Å². The quantitative estimate of drug-likeness (QED) is 0.632. The number of halogens is 1. The molecule has 88 valence electrons. The van der Waals surface area contributed by atoms with E-state index in [4.69, 9.17) is 16.3 Å². The van der Waals surface area contributed by atoms with E-state index in [0.29, 0.717) is 12.4 Å². The van der Waals surface area contributed by atoms with Crippen molar-refractivity contribution in [2.75, 3.05) is 0 Å². The Labute approximate surface area is 106 Å². The van der Waals surface area contributed by atoms with Gasteiger partial charge >= 0.3 is 0 Å². The van der Waals surface area contributed by atoms with Gasteiger partial charge in [-0.05, 0) is 6.07 Å². The van der Waals surface area contributed by atoms with Crippen molar-refractivity contribution in [2.45, 2.75) is 6.61 Å². The van der Waals surface area contributed by atoms with E-state index in [2.05, 4.69) is 4.98 Å². The SMILES string of the molecule is O=[N+]([O-])c1ccc(OCc2nccs2)c(Cl)c1. The molecule has 0 aliphatic carbocycles. The molecule has 17 heavy (non-hydrogen) atoms. The summed E-state index contributed by atoms with van der Waals surface area (Å²) in [6.07, 6.45) is 1.68. The highest BCUT2D eigenvalue weighted by Gasteiger charge is 2.10. The van der Waals surface area contributed by atoms with Gasteiger partial charge in [-0.3, -0.25) is 10.1 Å². The Kier molecular flexibility index (Phi) is 3.55. The van der Waals surface area contributed by atoms with Crippen LogP contribution in [0.15, 0.2) is 29.8 Å². The second-order valence-corrected chi connectivity index (χ2v) is 4.47. The molecule has 0 atom stereocenters. The number of rotatable bonds is 4. The minimum Gasteiger partial charge on any atom is -0.485 e. The summed E-state index contributed by atoms with van der Waals surface area (Å²) in [6, 6.07) is 4.09. The minimum atomic E-state index is -0.503. The molecule has 2 rings (SSSR count). The number of non-ortho nitro benzene ring substituents is 1. The van der Waals surface area contributed by atoms with Crippen LogP contribution in [-0.4, -0.2) is 9.91 Å². The van der Waals surface area contributed by atoms with Gasteiger partial charge in [0.15, 0.2) is 0 Å². The van der Waals surface area contributed by atoms with Crippen LogP contribution < -0.4 is 4.74 Å². The first-order valence-electron chi connectivity index (χ1n) is 4.62. The first-order chi connectivity index (χ1) is 8.16. The lowest BCUT2D eigenvalue weighted by molar-refractivity contribution is -0.384. The van der Waals surface area contributed by atoms with Gasteiger partial charge in [0, 0.05) is 23.7 Å². The summed E-state index contributed by atoms with van der Waals surface area (Å²) in [7, 11) is 0. The molecule has 0 aliphatic heterocycles. The summed E-state index contributed by atoms with van der Waals surface area (Å²) < 4.78 is 5.41. The molecule has 0 spiro atoms. The lowest BCUT2D eigenvalue weighted by atomic mass is 10.3. The number of ether oxygens (including phenoxy) is 1. The van der Waals surface area contributed by atoms with Crippen molar-refractivity contribution in [3.05, 3.63) is 49.9 Å².